The summed E-state index contributed by atoms with van der Waals surface area (Å²) in [5.41, 5.74) is 7.24. The van der Waals surface area contributed by atoms with Crippen LogP contribution in [0.4, 0.5) is 5.69 Å². The smallest absolute Gasteiger partial charge is 0.262 e. The summed E-state index contributed by atoms with van der Waals surface area (Å²) in [6.07, 6.45) is 0. The van der Waals surface area contributed by atoms with Gasteiger partial charge in [0, 0.05) is 12.2 Å². The molecule has 0 bridgehead atoms. The maximum Gasteiger partial charge on any atom is 0.262 e. The van der Waals surface area contributed by atoms with Gasteiger partial charge in [-0.25, -0.2) is 0 Å². The van der Waals surface area contributed by atoms with Gasteiger partial charge >= 0.3 is 0 Å². The van der Waals surface area contributed by atoms with Gasteiger partial charge in [0.1, 0.15) is 11.5 Å². The van der Waals surface area contributed by atoms with Gasteiger partial charge in [0.25, 0.3) is 5.91 Å². The third kappa shape index (κ3) is 4.79. The summed E-state index contributed by atoms with van der Waals surface area (Å²) in [6.45, 7) is 2.92. The Morgan fingerprint density at radius 3 is 2.41 bits per heavy atom. The predicted octanol–water partition coefficient (Wildman–Crippen LogP) is 2.56. The first-order valence-electron chi connectivity index (χ1n) is 7.15. The molecule has 0 atom stereocenters. The molecule has 0 saturated carbocycles. The molecule has 0 aliphatic carbocycles. The highest BCUT2D eigenvalue weighted by molar-refractivity contribution is 5.91. The van der Waals surface area contributed by atoms with Crippen LogP contribution < -0.4 is 20.5 Å². The lowest BCUT2D eigenvalue weighted by Crippen LogP contribution is -2.20. The molecule has 5 heteroatoms. The molecule has 0 spiro atoms. The summed E-state index contributed by atoms with van der Waals surface area (Å²) < 4.78 is 10.8. The SMILES string of the molecule is CCOc1ccc(OCC(=O)Nc2cccc(CN)c2)cc1. The summed E-state index contributed by atoms with van der Waals surface area (Å²) >= 11 is 0. The zero-order chi connectivity index (χ0) is 15.8. The van der Waals surface area contributed by atoms with Gasteiger partial charge in [-0.3, -0.25) is 4.79 Å². The lowest BCUT2D eigenvalue weighted by molar-refractivity contribution is -0.118. The molecule has 1 amide bonds. The number of benzene rings is 2. The number of anilines is 1. The third-order valence-corrected chi connectivity index (χ3v) is 2.95. The van der Waals surface area contributed by atoms with Gasteiger partial charge in [0.15, 0.2) is 6.61 Å². The topological polar surface area (TPSA) is 73.6 Å². The van der Waals surface area contributed by atoms with Gasteiger partial charge in [0.2, 0.25) is 0 Å². The minimum atomic E-state index is -0.219. The molecule has 2 aromatic carbocycles. The van der Waals surface area contributed by atoms with Gasteiger partial charge in [-0.2, -0.15) is 0 Å². The molecule has 116 valence electrons. The van der Waals surface area contributed by atoms with Crippen molar-refractivity contribution in [1.82, 2.24) is 0 Å². The Labute approximate surface area is 130 Å². The van der Waals surface area contributed by atoms with Crippen molar-refractivity contribution >= 4 is 11.6 Å². The maximum absolute atomic E-state index is 11.9. The first-order chi connectivity index (χ1) is 10.7. The van der Waals surface area contributed by atoms with Crippen LogP contribution in [0.15, 0.2) is 48.5 Å². The van der Waals surface area contributed by atoms with E-state index >= 15 is 0 Å². The van der Waals surface area contributed by atoms with E-state index in [1.54, 1.807) is 12.1 Å². The van der Waals surface area contributed by atoms with E-state index in [9.17, 15) is 4.79 Å². The van der Waals surface area contributed by atoms with E-state index in [0.717, 1.165) is 11.3 Å². The van der Waals surface area contributed by atoms with E-state index < -0.39 is 0 Å². The monoisotopic (exact) mass is 300 g/mol. The van der Waals surface area contributed by atoms with Gasteiger partial charge in [-0.05, 0) is 48.9 Å². The molecule has 22 heavy (non-hydrogen) atoms. The third-order valence-electron chi connectivity index (χ3n) is 2.95. The fourth-order valence-electron chi connectivity index (χ4n) is 1.92. The second-order valence-corrected chi connectivity index (χ2v) is 4.65. The fourth-order valence-corrected chi connectivity index (χ4v) is 1.92. The number of carbonyl (C=O) groups is 1. The Morgan fingerprint density at radius 1 is 1.09 bits per heavy atom. The van der Waals surface area contributed by atoms with E-state index in [-0.39, 0.29) is 12.5 Å². The molecule has 0 radical (unpaired) electrons. The normalized spacial score (nSPS) is 10.1. The number of hydrogen-bond donors (Lipinski definition) is 2. The molecular formula is C17H20N2O3. The maximum atomic E-state index is 11.9. The van der Waals surface area contributed by atoms with Crippen molar-refractivity contribution < 1.29 is 14.3 Å². The quantitative estimate of drug-likeness (QED) is 0.824. The molecule has 5 nitrogen and oxygen atoms in total. The van der Waals surface area contributed by atoms with Crippen LogP contribution in [0, 0.1) is 0 Å². The van der Waals surface area contributed by atoms with Crippen molar-refractivity contribution in [3.63, 3.8) is 0 Å². The highest BCUT2D eigenvalue weighted by Gasteiger charge is 2.04. The van der Waals surface area contributed by atoms with Crippen LogP contribution in [0.1, 0.15) is 12.5 Å². The van der Waals surface area contributed by atoms with Crippen LogP contribution in [0.5, 0.6) is 11.5 Å². The van der Waals surface area contributed by atoms with Crippen LogP contribution in [0.3, 0.4) is 0 Å². The predicted molar refractivity (Wildman–Crippen MR) is 86.1 cm³/mol. The van der Waals surface area contributed by atoms with Crippen LogP contribution in [0.2, 0.25) is 0 Å². The number of carbonyl (C=O) groups excluding carboxylic acids is 1. The van der Waals surface area contributed by atoms with Crippen molar-refractivity contribution in [3.05, 3.63) is 54.1 Å². The minimum Gasteiger partial charge on any atom is -0.494 e. The summed E-state index contributed by atoms with van der Waals surface area (Å²) in [6, 6.07) is 14.6. The van der Waals surface area contributed by atoms with E-state index in [1.165, 1.54) is 0 Å². The van der Waals surface area contributed by atoms with Crippen LogP contribution in [-0.4, -0.2) is 19.1 Å². The second-order valence-electron chi connectivity index (χ2n) is 4.65. The number of nitrogens with two attached hydrogens (primary N) is 1. The first-order valence-corrected chi connectivity index (χ1v) is 7.15. The zero-order valence-corrected chi connectivity index (χ0v) is 12.5. The van der Waals surface area contributed by atoms with E-state index in [4.69, 9.17) is 15.2 Å². The Hall–Kier alpha value is -2.53. The summed E-state index contributed by atoms with van der Waals surface area (Å²) in [5.74, 6) is 1.18. The molecule has 0 aliphatic rings. The Kier molecular flexibility index (Phi) is 5.80. The van der Waals surface area contributed by atoms with Crippen molar-refractivity contribution in [2.24, 2.45) is 5.73 Å². The standard InChI is InChI=1S/C17H20N2O3/c1-2-21-15-6-8-16(9-7-15)22-12-17(20)19-14-5-3-4-13(10-14)11-18/h3-10H,2,11-12,18H2,1H3,(H,19,20). The number of ether oxygens (including phenoxy) is 2. The average molecular weight is 300 g/mol. The number of hydrogen-bond acceptors (Lipinski definition) is 4. The average Bonchev–Trinajstić information content (AvgIpc) is 2.55. The fraction of sp³-hybridized carbons (Fsp3) is 0.235. The molecule has 0 unspecified atom stereocenters. The van der Waals surface area contributed by atoms with Crippen molar-refractivity contribution in [2.75, 3.05) is 18.5 Å². The van der Waals surface area contributed by atoms with Crippen LogP contribution in [0.25, 0.3) is 0 Å². The number of nitrogens with one attached hydrogen (secondary N) is 1. The van der Waals surface area contributed by atoms with E-state index in [0.29, 0.717) is 24.6 Å². The lowest BCUT2D eigenvalue weighted by atomic mass is 10.2. The lowest BCUT2D eigenvalue weighted by Gasteiger charge is -2.09. The minimum absolute atomic E-state index is 0.0547. The van der Waals surface area contributed by atoms with Crippen molar-refractivity contribution in [2.45, 2.75) is 13.5 Å². The molecular weight excluding hydrogens is 280 g/mol. The summed E-state index contributed by atoms with van der Waals surface area (Å²) in [5, 5.41) is 2.77. The molecule has 0 heterocycles. The number of amides is 1. The van der Waals surface area contributed by atoms with Crippen molar-refractivity contribution in [1.29, 1.82) is 0 Å². The van der Waals surface area contributed by atoms with E-state index in [1.807, 2.05) is 43.3 Å². The summed E-state index contributed by atoms with van der Waals surface area (Å²) in [4.78, 5) is 11.9. The molecule has 0 saturated heterocycles. The van der Waals surface area contributed by atoms with Gasteiger partial charge in [-0.15, -0.1) is 0 Å². The van der Waals surface area contributed by atoms with Gasteiger partial charge < -0.3 is 20.5 Å². The van der Waals surface area contributed by atoms with Crippen LogP contribution >= 0.6 is 0 Å². The van der Waals surface area contributed by atoms with Crippen molar-refractivity contribution in [3.8, 4) is 11.5 Å². The zero-order valence-electron chi connectivity index (χ0n) is 12.5. The molecule has 0 aromatic heterocycles. The molecule has 0 fully saturated rings. The Balaban J connectivity index is 1.84. The Bertz CT molecular complexity index is 612. The second kappa shape index (κ2) is 8.05. The molecule has 0 aliphatic heterocycles. The van der Waals surface area contributed by atoms with E-state index in [2.05, 4.69) is 5.32 Å². The molecule has 2 rings (SSSR count). The molecule has 3 N–H and O–H groups in total. The Morgan fingerprint density at radius 2 is 1.77 bits per heavy atom. The first kappa shape index (κ1) is 15.9. The van der Waals surface area contributed by atoms with Gasteiger partial charge in [0.05, 0.1) is 6.61 Å². The van der Waals surface area contributed by atoms with Crippen LogP contribution in [-0.2, 0) is 11.3 Å². The largest absolute Gasteiger partial charge is 0.494 e. The highest BCUT2D eigenvalue weighted by atomic mass is 16.5. The number of rotatable bonds is 7. The van der Waals surface area contributed by atoms with Gasteiger partial charge in [-0.1, -0.05) is 12.1 Å². The summed E-state index contributed by atoms with van der Waals surface area (Å²) in [7, 11) is 0. The molecule has 2 aromatic rings. The highest BCUT2D eigenvalue weighted by Crippen LogP contribution is 2.17.